The fourth-order valence-corrected chi connectivity index (χ4v) is 3.78. The van der Waals surface area contributed by atoms with Crippen molar-refractivity contribution in [2.24, 2.45) is 0 Å². The number of thiophene rings is 1. The van der Waals surface area contributed by atoms with E-state index in [1.165, 1.54) is 6.42 Å². The zero-order valence-corrected chi connectivity index (χ0v) is 14.1. The number of aryl methyl sites for hydroxylation is 2. The Kier molecular flexibility index (Phi) is 3.79. The predicted molar refractivity (Wildman–Crippen MR) is 88.2 cm³/mol. The van der Waals surface area contributed by atoms with Crippen molar-refractivity contribution in [1.82, 2.24) is 15.0 Å². The van der Waals surface area contributed by atoms with Gasteiger partial charge in [0.1, 0.15) is 5.76 Å². The fraction of sp³-hybridized carbons (Fsp3) is 0.412. The maximum Gasteiger partial charge on any atom is 0.227 e. The number of aromatic nitrogens is 2. The second-order valence-corrected chi connectivity index (χ2v) is 6.81. The molecule has 0 spiro atoms. The van der Waals surface area contributed by atoms with Crippen LogP contribution in [0.5, 0.6) is 0 Å². The van der Waals surface area contributed by atoms with Gasteiger partial charge in [-0.2, -0.15) is 11.3 Å². The van der Waals surface area contributed by atoms with Crippen LogP contribution in [-0.4, -0.2) is 21.6 Å². The summed E-state index contributed by atoms with van der Waals surface area (Å²) in [6.45, 7) is 5.78. The Bertz CT molecular complexity index is 791. The molecule has 0 saturated carbocycles. The quantitative estimate of drug-likeness (QED) is 0.712. The lowest BCUT2D eigenvalue weighted by atomic mass is 10.1. The highest BCUT2D eigenvalue weighted by molar-refractivity contribution is 7.08. The maximum atomic E-state index is 5.85. The first kappa shape index (κ1) is 14.7. The Labute approximate surface area is 138 Å². The molecule has 0 unspecified atom stereocenters. The third-order valence-corrected chi connectivity index (χ3v) is 5.04. The Balaban J connectivity index is 1.55. The summed E-state index contributed by atoms with van der Waals surface area (Å²) in [5.41, 5.74) is 2.99. The van der Waals surface area contributed by atoms with Crippen molar-refractivity contribution in [1.29, 1.82) is 0 Å². The lowest BCUT2D eigenvalue weighted by Gasteiger charge is -2.21. The molecule has 1 aliphatic rings. The monoisotopic (exact) mass is 329 g/mol. The van der Waals surface area contributed by atoms with Crippen LogP contribution in [0.15, 0.2) is 31.8 Å². The highest BCUT2D eigenvalue weighted by Gasteiger charge is 2.30. The van der Waals surface area contributed by atoms with Crippen LogP contribution in [0.4, 0.5) is 0 Å². The molecule has 23 heavy (non-hydrogen) atoms. The van der Waals surface area contributed by atoms with Crippen molar-refractivity contribution in [3.8, 4) is 11.5 Å². The van der Waals surface area contributed by atoms with Crippen molar-refractivity contribution < 1.29 is 8.94 Å². The summed E-state index contributed by atoms with van der Waals surface area (Å²) in [4.78, 5) is 7.11. The zero-order valence-electron chi connectivity index (χ0n) is 13.3. The second kappa shape index (κ2) is 5.94. The van der Waals surface area contributed by atoms with Crippen LogP contribution < -0.4 is 0 Å². The van der Waals surface area contributed by atoms with Gasteiger partial charge in [0, 0.05) is 23.6 Å². The molecule has 0 N–H and O–H groups in total. The molecule has 1 aliphatic heterocycles. The van der Waals surface area contributed by atoms with Gasteiger partial charge in [-0.15, -0.1) is 0 Å². The van der Waals surface area contributed by atoms with Crippen molar-refractivity contribution in [3.63, 3.8) is 0 Å². The van der Waals surface area contributed by atoms with Crippen LogP contribution in [-0.2, 0) is 6.54 Å². The van der Waals surface area contributed by atoms with Crippen LogP contribution in [0.3, 0.4) is 0 Å². The van der Waals surface area contributed by atoms with E-state index in [1.807, 2.05) is 31.4 Å². The van der Waals surface area contributed by atoms with Gasteiger partial charge in [0.05, 0.1) is 17.4 Å². The minimum Gasteiger partial charge on any atom is -0.441 e. The molecule has 3 aromatic rings. The lowest BCUT2D eigenvalue weighted by Crippen LogP contribution is -2.23. The van der Waals surface area contributed by atoms with Crippen LogP contribution in [0.1, 0.15) is 41.8 Å². The number of hydrogen-bond acceptors (Lipinski definition) is 6. The lowest BCUT2D eigenvalue weighted by molar-refractivity contribution is 0.204. The summed E-state index contributed by atoms with van der Waals surface area (Å²) in [7, 11) is 0. The van der Waals surface area contributed by atoms with Crippen LogP contribution in [0.2, 0.25) is 0 Å². The van der Waals surface area contributed by atoms with E-state index < -0.39 is 0 Å². The van der Waals surface area contributed by atoms with Gasteiger partial charge in [0.15, 0.2) is 5.76 Å². The third-order valence-electron chi connectivity index (χ3n) is 4.35. The minimum absolute atomic E-state index is 0.289. The van der Waals surface area contributed by atoms with E-state index in [4.69, 9.17) is 13.9 Å². The maximum absolute atomic E-state index is 5.85. The summed E-state index contributed by atoms with van der Waals surface area (Å²) < 4.78 is 11.3. The first-order valence-electron chi connectivity index (χ1n) is 7.87. The molecule has 0 aromatic carbocycles. The van der Waals surface area contributed by atoms with Gasteiger partial charge in [0.25, 0.3) is 0 Å². The number of hydrogen-bond donors (Lipinski definition) is 0. The largest absolute Gasteiger partial charge is 0.441 e. The second-order valence-electron chi connectivity index (χ2n) is 6.03. The standard InChI is InChI=1S/C17H19N3O2S/c1-11-8-16(22-19-11)15-4-3-6-20(15)9-14-12(2)21-17(18-14)13-5-7-23-10-13/h5,7-8,10,15H,3-4,6,9H2,1-2H3/t15-/m0/s1. The topological polar surface area (TPSA) is 55.3 Å². The van der Waals surface area contributed by atoms with Crippen LogP contribution in [0.25, 0.3) is 11.5 Å². The van der Waals surface area contributed by atoms with E-state index in [2.05, 4.69) is 15.4 Å². The van der Waals surface area contributed by atoms with Gasteiger partial charge < -0.3 is 8.94 Å². The Morgan fingerprint density at radius 1 is 1.39 bits per heavy atom. The van der Waals surface area contributed by atoms with E-state index in [0.29, 0.717) is 5.89 Å². The van der Waals surface area contributed by atoms with E-state index in [0.717, 1.165) is 48.0 Å². The molecule has 0 amide bonds. The van der Waals surface area contributed by atoms with Gasteiger partial charge in [-0.3, -0.25) is 4.90 Å². The molecule has 4 heterocycles. The van der Waals surface area contributed by atoms with Crippen LogP contribution >= 0.6 is 11.3 Å². The normalized spacial score (nSPS) is 18.8. The molecule has 0 aliphatic carbocycles. The summed E-state index contributed by atoms with van der Waals surface area (Å²) >= 11 is 1.65. The van der Waals surface area contributed by atoms with Gasteiger partial charge >= 0.3 is 0 Å². The molecule has 6 heteroatoms. The average molecular weight is 329 g/mol. The molecule has 0 radical (unpaired) electrons. The summed E-state index contributed by atoms with van der Waals surface area (Å²) in [5.74, 6) is 2.56. The SMILES string of the molecule is Cc1cc([C@@H]2CCCN2Cc2nc(-c3ccsc3)oc2C)on1. The molecule has 1 fully saturated rings. The van der Waals surface area contributed by atoms with Crippen molar-refractivity contribution in [2.75, 3.05) is 6.54 Å². The predicted octanol–water partition coefficient (Wildman–Crippen LogP) is 4.35. The third kappa shape index (κ3) is 2.84. The first-order valence-corrected chi connectivity index (χ1v) is 8.81. The highest BCUT2D eigenvalue weighted by Crippen LogP contribution is 2.34. The Morgan fingerprint density at radius 3 is 3.04 bits per heavy atom. The van der Waals surface area contributed by atoms with Crippen molar-refractivity contribution >= 4 is 11.3 Å². The van der Waals surface area contributed by atoms with Crippen molar-refractivity contribution in [2.45, 2.75) is 39.3 Å². The summed E-state index contributed by atoms with van der Waals surface area (Å²) in [5, 5.41) is 8.12. The first-order chi connectivity index (χ1) is 11.2. The molecule has 1 atom stereocenters. The highest BCUT2D eigenvalue weighted by atomic mass is 32.1. The summed E-state index contributed by atoms with van der Waals surface area (Å²) in [6.07, 6.45) is 2.27. The number of rotatable bonds is 4. The zero-order chi connectivity index (χ0) is 15.8. The minimum atomic E-state index is 0.289. The van der Waals surface area contributed by atoms with Gasteiger partial charge in [-0.25, -0.2) is 4.98 Å². The van der Waals surface area contributed by atoms with Crippen LogP contribution in [0, 0.1) is 13.8 Å². The fourth-order valence-electron chi connectivity index (χ4n) is 3.15. The van der Waals surface area contributed by atoms with Crippen molar-refractivity contribution in [3.05, 3.63) is 45.8 Å². The van der Waals surface area contributed by atoms with E-state index in [-0.39, 0.29) is 6.04 Å². The summed E-state index contributed by atoms with van der Waals surface area (Å²) in [6, 6.07) is 4.36. The van der Waals surface area contributed by atoms with E-state index in [9.17, 15) is 0 Å². The molecular formula is C17H19N3O2S. The molecule has 0 bridgehead atoms. The van der Waals surface area contributed by atoms with E-state index >= 15 is 0 Å². The van der Waals surface area contributed by atoms with Gasteiger partial charge in [-0.1, -0.05) is 5.16 Å². The molecule has 1 saturated heterocycles. The number of nitrogens with zero attached hydrogens (tertiary/aromatic N) is 3. The number of likely N-dealkylation sites (tertiary alicyclic amines) is 1. The molecule has 5 nitrogen and oxygen atoms in total. The Morgan fingerprint density at radius 2 is 2.30 bits per heavy atom. The smallest absolute Gasteiger partial charge is 0.227 e. The molecule has 4 rings (SSSR count). The Hall–Kier alpha value is -1.92. The van der Waals surface area contributed by atoms with Gasteiger partial charge in [-0.05, 0) is 44.7 Å². The molecule has 120 valence electrons. The van der Waals surface area contributed by atoms with Gasteiger partial charge in [0.2, 0.25) is 5.89 Å². The number of oxazole rings is 1. The average Bonchev–Trinajstić information content (AvgIpc) is 3.28. The van der Waals surface area contributed by atoms with E-state index in [1.54, 1.807) is 11.3 Å². The molecule has 3 aromatic heterocycles. The molecular weight excluding hydrogens is 310 g/mol.